The van der Waals surface area contributed by atoms with E-state index in [1.807, 2.05) is 0 Å². The van der Waals surface area contributed by atoms with Crippen molar-refractivity contribution in [2.45, 2.75) is 39.5 Å². The number of nitrogens with one attached hydrogen (secondary N) is 2. The zero-order valence-electron chi connectivity index (χ0n) is 11.9. The van der Waals surface area contributed by atoms with Crippen LogP contribution in [0, 0.1) is 11.8 Å². The number of urea groups is 1. The summed E-state index contributed by atoms with van der Waals surface area (Å²) in [5.74, 6) is 1.44. The van der Waals surface area contributed by atoms with Crippen LogP contribution in [0.5, 0.6) is 0 Å². The quantitative estimate of drug-likeness (QED) is 0.779. The fraction of sp³-hybridized carbons (Fsp3) is 0.923. The van der Waals surface area contributed by atoms with Crippen LogP contribution in [0.3, 0.4) is 0 Å². The van der Waals surface area contributed by atoms with E-state index in [1.54, 1.807) is 6.92 Å². The third-order valence-electron chi connectivity index (χ3n) is 3.73. The van der Waals surface area contributed by atoms with Crippen molar-refractivity contribution >= 4 is 15.9 Å². The number of carbonyl (C=O) groups excluding carboxylic acids is 1. The maximum Gasteiger partial charge on any atom is 0.314 e. The van der Waals surface area contributed by atoms with Gasteiger partial charge in [0.25, 0.3) is 0 Å². The van der Waals surface area contributed by atoms with Crippen molar-refractivity contribution in [2.75, 3.05) is 24.6 Å². The van der Waals surface area contributed by atoms with E-state index in [1.165, 1.54) is 25.7 Å². The molecule has 0 aromatic rings. The summed E-state index contributed by atoms with van der Waals surface area (Å²) >= 11 is 0. The van der Waals surface area contributed by atoms with Crippen molar-refractivity contribution in [3.63, 3.8) is 0 Å². The molecule has 2 N–H and O–H groups in total. The van der Waals surface area contributed by atoms with Crippen LogP contribution < -0.4 is 10.6 Å². The number of carbonyl (C=O) groups is 1. The van der Waals surface area contributed by atoms with Crippen molar-refractivity contribution in [2.24, 2.45) is 11.8 Å². The van der Waals surface area contributed by atoms with Gasteiger partial charge in [-0.25, -0.2) is 13.2 Å². The first-order valence-corrected chi connectivity index (χ1v) is 8.97. The minimum Gasteiger partial charge on any atom is -0.338 e. The third-order valence-corrected chi connectivity index (χ3v) is 5.44. The lowest BCUT2D eigenvalue weighted by atomic mass is 9.82. The zero-order chi connectivity index (χ0) is 14.3. The highest BCUT2D eigenvalue weighted by atomic mass is 32.2. The van der Waals surface area contributed by atoms with E-state index >= 15 is 0 Å². The van der Waals surface area contributed by atoms with E-state index in [2.05, 4.69) is 17.6 Å². The average molecular weight is 290 g/mol. The van der Waals surface area contributed by atoms with Crippen LogP contribution in [0.1, 0.15) is 39.5 Å². The van der Waals surface area contributed by atoms with Crippen molar-refractivity contribution in [1.29, 1.82) is 0 Å². The van der Waals surface area contributed by atoms with Crippen LogP contribution in [0.4, 0.5) is 4.79 Å². The second-order valence-corrected chi connectivity index (χ2v) is 7.98. The first kappa shape index (κ1) is 16.3. The normalized spacial score (nSPS) is 23.9. The predicted molar refractivity (Wildman–Crippen MR) is 76.9 cm³/mol. The Balaban J connectivity index is 2.14. The van der Waals surface area contributed by atoms with Gasteiger partial charge >= 0.3 is 6.03 Å². The molecule has 0 radical (unpaired) electrons. The molecule has 0 saturated heterocycles. The van der Waals surface area contributed by atoms with Gasteiger partial charge in [-0.15, -0.1) is 0 Å². The lowest BCUT2D eigenvalue weighted by Gasteiger charge is -2.26. The number of amides is 2. The molecule has 6 heteroatoms. The number of hydrogen-bond donors (Lipinski definition) is 2. The molecule has 1 aliphatic rings. The van der Waals surface area contributed by atoms with Gasteiger partial charge < -0.3 is 10.6 Å². The van der Waals surface area contributed by atoms with Gasteiger partial charge in [0.05, 0.1) is 5.75 Å². The van der Waals surface area contributed by atoms with E-state index in [9.17, 15) is 13.2 Å². The van der Waals surface area contributed by atoms with E-state index in [0.717, 1.165) is 5.92 Å². The number of sulfone groups is 1. The molecule has 1 saturated carbocycles. The van der Waals surface area contributed by atoms with Gasteiger partial charge in [-0.2, -0.15) is 0 Å². The van der Waals surface area contributed by atoms with Crippen LogP contribution in [0.15, 0.2) is 0 Å². The average Bonchev–Trinajstić information content (AvgIpc) is 2.36. The molecule has 0 bridgehead atoms. The zero-order valence-corrected chi connectivity index (χ0v) is 12.8. The van der Waals surface area contributed by atoms with Crippen molar-refractivity contribution in [3.8, 4) is 0 Å². The maximum absolute atomic E-state index is 11.5. The van der Waals surface area contributed by atoms with E-state index in [-0.39, 0.29) is 24.1 Å². The second-order valence-electron chi connectivity index (χ2n) is 5.51. The summed E-state index contributed by atoms with van der Waals surface area (Å²) in [5, 5.41) is 5.43. The molecule has 0 unspecified atom stereocenters. The van der Waals surface area contributed by atoms with Gasteiger partial charge in [0.15, 0.2) is 9.84 Å². The number of rotatable bonds is 6. The molecule has 2 atom stereocenters. The Morgan fingerprint density at radius 1 is 1.26 bits per heavy atom. The number of hydrogen-bond acceptors (Lipinski definition) is 3. The predicted octanol–water partition coefficient (Wildman–Crippen LogP) is 1.55. The third kappa shape index (κ3) is 6.80. The summed E-state index contributed by atoms with van der Waals surface area (Å²) in [6.45, 7) is 4.74. The van der Waals surface area contributed by atoms with Gasteiger partial charge in [0, 0.05) is 18.8 Å². The van der Waals surface area contributed by atoms with Gasteiger partial charge in [-0.1, -0.05) is 26.7 Å². The Hall–Kier alpha value is -0.780. The SMILES string of the molecule is CCS(=O)(=O)CCNC(=O)NC[C@H]1CCC[C@@H](C)C1. The van der Waals surface area contributed by atoms with Gasteiger partial charge in [-0.05, 0) is 24.7 Å². The molecule has 5 nitrogen and oxygen atoms in total. The van der Waals surface area contributed by atoms with Crippen molar-refractivity contribution in [3.05, 3.63) is 0 Å². The Morgan fingerprint density at radius 3 is 2.63 bits per heavy atom. The molecule has 2 amide bonds. The standard InChI is InChI=1S/C13H26N2O3S/c1-3-19(17,18)8-7-14-13(16)15-10-12-6-4-5-11(2)9-12/h11-12H,3-10H2,1-2H3,(H2,14,15,16)/t11-,12+/m1/s1. The molecule has 0 aliphatic heterocycles. The molecular weight excluding hydrogens is 264 g/mol. The monoisotopic (exact) mass is 290 g/mol. The molecule has 0 aromatic heterocycles. The topological polar surface area (TPSA) is 75.3 Å². The minimum absolute atomic E-state index is 0.0113. The summed E-state index contributed by atoms with van der Waals surface area (Å²) in [6.07, 6.45) is 4.88. The van der Waals surface area contributed by atoms with Crippen LogP contribution in [-0.2, 0) is 9.84 Å². The van der Waals surface area contributed by atoms with Gasteiger partial charge in [-0.3, -0.25) is 0 Å². The molecule has 1 fully saturated rings. The highest BCUT2D eigenvalue weighted by Gasteiger charge is 2.19. The highest BCUT2D eigenvalue weighted by molar-refractivity contribution is 7.91. The molecule has 19 heavy (non-hydrogen) atoms. The lowest BCUT2D eigenvalue weighted by Crippen LogP contribution is -2.40. The molecule has 1 aliphatic carbocycles. The smallest absolute Gasteiger partial charge is 0.314 e. The lowest BCUT2D eigenvalue weighted by molar-refractivity contribution is 0.231. The molecule has 112 valence electrons. The van der Waals surface area contributed by atoms with Crippen molar-refractivity contribution in [1.82, 2.24) is 10.6 Å². The second kappa shape index (κ2) is 7.72. The first-order chi connectivity index (χ1) is 8.93. The summed E-state index contributed by atoms with van der Waals surface area (Å²) in [7, 11) is -3.00. The Morgan fingerprint density at radius 2 is 2.00 bits per heavy atom. The van der Waals surface area contributed by atoms with Crippen LogP contribution in [0.2, 0.25) is 0 Å². The van der Waals surface area contributed by atoms with Gasteiger partial charge in [0.2, 0.25) is 0 Å². The summed E-state index contributed by atoms with van der Waals surface area (Å²) < 4.78 is 22.5. The molecule has 0 spiro atoms. The fourth-order valence-corrected chi connectivity index (χ4v) is 3.21. The van der Waals surface area contributed by atoms with Crippen LogP contribution in [0.25, 0.3) is 0 Å². The maximum atomic E-state index is 11.5. The molecule has 0 heterocycles. The molecule has 1 rings (SSSR count). The van der Waals surface area contributed by atoms with Gasteiger partial charge in [0.1, 0.15) is 0 Å². The van der Waals surface area contributed by atoms with Crippen LogP contribution in [-0.4, -0.2) is 39.0 Å². The molecular formula is C13H26N2O3S. The largest absolute Gasteiger partial charge is 0.338 e. The minimum atomic E-state index is -3.00. The highest BCUT2D eigenvalue weighted by Crippen LogP contribution is 2.27. The first-order valence-electron chi connectivity index (χ1n) is 7.15. The Bertz CT molecular complexity index is 381. The fourth-order valence-electron chi connectivity index (χ4n) is 2.51. The Labute approximate surface area is 116 Å². The van der Waals surface area contributed by atoms with E-state index < -0.39 is 9.84 Å². The summed E-state index contributed by atoms with van der Waals surface area (Å²) in [4.78, 5) is 11.5. The van der Waals surface area contributed by atoms with Crippen molar-refractivity contribution < 1.29 is 13.2 Å². The molecule has 0 aromatic carbocycles. The summed E-state index contributed by atoms with van der Waals surface area (Å²) in [5.41, 5.74) is 0. The summed E-state index contributed by atoms with van der Waals surface area (Å²) in [6, 6.07) is -0.260. The van der Waals surface area contributed by atoms with E-state index in [4.69, 9.17) is 0 Å². The van der Waals surface area contributed by atoms with E-state index in [0.29, 0.717) is 12.5 Å². The van der Waals surface area contributed by atoms with Crippen LogP contribution >= 0.6 is 0 Å². The Kier molecular flexibility index (Phi) is 6.62.